The summed E-state index contributed by atoms with van der Waals surface area (Å²) in [5, 5.41) is 15.0. The number of nitrogens with one attached hydrogen (secondary N) is 2. The molecule has 6 nitrogen and oxygen atoms in total. The first-order valence-electron chi connectivity index (χ1n) is 6.93. The molecule has 2 aromatic heterocycles. The van der Waals surface area contributed by atoms with Crippen molar-refractivity contribution in [2.45, 2.75) is 12.3 Å². The van der Waals surface area contributed by atoms with Crippen molar-refractivity contribution in [2.75, 3.05) is 5.32 Å². The maximum Gasteiger partial charge on any atom is 0.228 e. The average Bonchev–Trinajstić information content (AvgIpc) is 2.93. The van der Waals surface area contributed by atoms with Crippen LogP contribution in [0.4, 0.5) is 5.69 Å². The predicted octanol–water partition coefficient (Wildman–Crippen LogP) is 2.04. The van der Waals surface area contributed by atoms with Gasteiger partial charge in [-0.1, -0.05) is 0 Å². The Labute approximate surface area is 121 Å². The van der Waals surface area contributed by atoms with Gasteiger partial charge in [0.05, 0.1) is 17.9 Å². The number of aryl methyl sites for hydroxylation is 1. The van der Waals surface area contributed by atoms with E-state index in [1.807, 2.05) is 37.6 Å². The van der Waals surface area contributed by atoms with Gasteiger partial charge in [-0.2, -0.15) is 10.2 Å². The van der Waals surface area contributed by atoms with E-state index in [1.165, 1.54) is 0 Å². The van der Waals surface area contributed by atoms with E-state index in [2.05, 4.69) is 20.6 Å². The number of H-pyrrole nitrogens is 1. The van der Waals surface area contributed by atoms with E-state index in [4.69, 9.17) is 0 Å². The van der Waals surface area contributed by atoms with Crippen molar-refractivity contribution >= 4 is 22.5 Å². The fourth-order valence-electron chi connectivity index (χ4n) is 2.74. The molecule has 0 saturated heterocycles. The average molecular weight is 281 g/mol. The Bertz CT molecular complexity index is 818. The van der Waals surface area contributed by atoms with Crippen LogP contribution >= 0.6 is 0 Å². The number of anilines is 1. The SMILES string of the molecule is Cn1cc([C@H]2C[C@H]2C(=O)Nc2ccc3[nH]ncc3c2)cn1. The first-order valence-corrected chi connectivity index (χ1v) is 6.93. The summed E-state index contributed by atoms with van der Waals surface area (Å²) in [6, 6.07) is 5.74. The lowest BCUT2D eigenvalue weighted by Crippen LogP contribution is -2.14. The van der Waals surface area contributed by atoms with Gasteiger partial charge in [0.2, 0.25) is 5.91 Å². The largest absolute Gasteiger partial charge is 0.326 e. The molecule has 1 saturated carbocycles. The van der Waals surface area contributed by atoms with Crippen LogP contribution in [-0.4, -0.2) is 25.9 Å². The van der Waals surface area contributed by atoms with Gasteiger partial charge < -0.3 is 5.32 Å². The number of carbonyl (C=O) groups excluding carboxylic acids is 1. The predicted molar refractivity (Wildman–Crippen MR) is 78.8 cm³/mol. The number of fused-ring (bicyclic) bond motifs is 1. The molecule has 1 amide bonds. The van der Waals surface area contributed by atoms with Crippen LogP contribution in [-0.2, 0) is 11.8 Å². The number of hydrogen-bond donors (Lipinski definition) is 2. The monoisotopic (exact) mass is 281 g/mol. The van der Waals surface area contributed by atoms with Gasteiger partial charge in [0.1, 0.15) is 0 Å². The number of carbonyl (C=O) groups is 1. The maximum absolute atomic E-state index is 12.3. The number of benzene rings is 1. The highest BCUT2D eigenvalue weighted by Crippen LogP contribution is 2.47. The van der Waals surface area contributed by atoms with Crippen LogP contribution in [0.2, 0.25) is 0 Å². The van der Waals surface area contributed by atoms with E-state index in [9.17, 15) is 4.79 Å². The minimum Gasteiger partial charge on any atom is -0.326 e. The van der Waals surface area contributed by atoms with E-state index in [0.717, 1.165) is 28.6 Å². The van der Waals surface area contributed by atoms with Gasteiger partial charge in [0.25, 0.3) is 0 Å². The van der Waals surface area contributed by atoms with E-state index in [-0.39, 0.29) is 11.8 Å². The summed E-state index contributed by atoms with van der Waals surface area (Å²) in [4.78, 5) is 12.3. The molecule has 6 heteroatoms. The Morgan fingerprint density at radius 1 is 1.43 bits per heavy atom. The third-order valence-electron chi connectivity index (χ3n) is 3.99. The molecule has 1 fully saturated rings. The lowest BCUT2D eigenvalue weighted by Gasteiger charge is -2.04. The molecule has 1 aliphatic carbocycles. The second-order valence-electron chi connectivity index (χ2n) is 5.56. The Balaban J connectivity index is 1.46. The normalized spacial score (nSPS) is 20.6. The van der Waals surface area contributed by atoms with Gasteiger partial charge in [-0.3, -0.25) is 14.6 Å². The van der Waals surface area contributed by atoms with Crippen LogP contribution in [0.5, 0.6) is 0 Å². The number of rotatable bonds is 3. The second kappa shape index (κ2) is 4.44. The number of aromatic nitrogens is 4. The molecule has 3 aromatic rings. The minimum absolute atomic E-state index is 0.0502. The van der Waals surface area contributed by atoms with Gasteiger partial charge in [0, 0.05) is 30.2 Å². The molecule has 0 radical (unpaired) electrons. The molecule has 0 unspecified atom stereocenters. The van der Waals surface area contributed by atoms with Crippen LogP contribution in [0.1, 0.15) is 17.9 Å². The highest BCUT2D eigenvalue weighted by molar-refractivity contribution is 5.97. The summed E-state index contributed by atoms with van der Waals surface area (Å²) < 4.78 is 1.77. The zero-order chi connectivity index (χ0) is 14.4. The zero-order valence-corrected chi connectivity index (χ0v) is 11.6. The van der Waals surface area contributed by atoms with Gasteiger partial charge in [-0.25, -0.2) is 0 Å². The van der Waals surface area contributed by atoms with Crippen LogP contribution in [0.25, 0.3) is 10.9 Å². The van der Waals surface area contributed by atoms with Crippen molar-refractivity contribution in [2.24, 2.45) is 13.0 Å². The minimum atomic E-state index is 0.0502. The molecular weight excluding hydrogens is 266 g/mol. The Morgan fingerprint density at radius 3 is 3.14 bits per heavy atom. The van der Waals surface area contributed by atoms with Crippen molar-refractivity contribution in [1.82, 2.24) is 20.0 Å². The smallest absolute Gasteiger partial charge is 0.228 e. The highest BCUT2D eigenvalue weighted by atomic mass is 16.2. The molecule has 0 aliphatic heterocycles. The highest BCUT2D eigenvalue weighted by Gasteiger charge is 2.44. The first-order chi connectivity index (χ1) is 10.2. The van der Waals surface area contributed by atoms with E-state index in [1.54, 1.807) is 10.9 Å². The van der Waals surface area contributed by atoms with E-state index >= 15 is 0 Å². The molecule has 2 N–H and O–H groups in total. The Kier molecular flexibility index (Phi) is 2.57. The summed E-state index contributed by atoms with van der Waals surface area (Å²) >= 11 is 0. The fourth-order valence-corrected chi connectivity index (χ4v) is 2.74. The van der Waals surface area contributed by atoms with Crippen molar-refractivity contribution in [3.63, 3.8) is 0 Å². The van der Waals surface area contributed by atoms with Gasteiger partial charge in [-0.05, 0) is 36.1 Å². The second-order valence-corrected chi connectivity index (χ2v) is 5.56. The molecule has 1 aromatic carbocycles. The number of aromatic amines is 1. The van der Waals surface area contributed by atoms with Crippen molar-refractivity contribution < 1.29 is 4.79 Å². The van der Waals surface area contributed by atoms with Gasteiger partial charge in [-0.15, -0.1) is 0 Å². The molecule has 4 rings (SSSR count). The van der Waals surface area contributed by atoms with Gasteiger partial charge in [0.15, 0.2) is 0 Å². The molecule has 0 bridgehead atoms. The lowest BCUT2D eigenvalue weighted by atomic mass is 10.2. The molecular formula is C15H15N5O. The molecule has 21 heavy (non-hydrogen) atoms. The summed E-state index contributed by atoms with van der Waals surface area (Å²) in [5.74, 6) is 0.428. The Morgan fingerprint density at radius 2 is 2.33 bits per heavy atom. The van der Waals surface area contributed by atoms with Crippen molar-refractivity contribution in [1.29, 1.82) is 0 Å². The summed E-state index contributed by atoms with van der Waals surface area (Å²) in [5.41, 5.74) is 2.92. The van der Waals surface area contributed by atoms with Crippen molar-refractivity contribution in [3.05, 3.63) is 42.4 Å². The van der Waals surface area contributed by atoms with Crippen molar-refractivity contribution in [3.8, 4) is 0 Å². The van der Waals surface area contributed by atoms with Crippen LogP contribution in [0, 0.1) is 5.92 Å². The first kappa shape index (κ1) is 12.1. The number of nitrogens with zero attached hydrogens (tertiary/aromatic N) is 3. The number of hydrogen-bond acceptors (Lipinski definition) is 3. The van der Waals surface area contributed by atoms with E-state index < -0.39 is 0 Å². The van der Waals surface area contributed by atoms with Gasteiger partial charge >= 0.3 is 0 Å². The molecule has 106 valence electrons. The number of amides is 1. The molecule has 2 heterocycles. The third kappa shape index (κ3) is 2.18. The zero-order valence-electron chi connectivity index (χ0n) is 11.6. The fraction of sp³-hybridized carbons (Fsp3) is 0.267. The third-order valence-corrected chi connectivity index (χ3v) is 3.99. The molecule has 1 aliphatic rings. The Hall–Kier alpha value is -2.63. The molecule has 2 atom stereocenters. The standard InChI is InChI=1S/C15H15N5O/c1-20-8-10(7-17-20)12-5-13(12)15(21)18-11-2-3-14-9(4-11)6-16-19-14/h2-4,6-8,12-13H,5H2,1H3,(H,16,19)(H,18,21)/t12-,13-/m1/s1. The van der Waals surface area contributed by atoms with Crippen LogP contribution < -0.4 is 5.32 Å². The maximum atomic E-state index is 12.3. The lowest BCUT2D eigenvalue weighted by molar-refractivity contribution is -0.117. The van der Waals surface area contributed by atoms with E-state index in [0.29, 0.717) is 5.92 Å². The summed E-state index contributed by atoms with van der Waals surface area (Å²) in [7, 11) is 1.89. The van der Waals surface area contributed by atoms with Crippen LogP contribution in [0.3, 0.4) is 0 Å². The summed E-state index contributed by atoms with van der Waals surface area (Å²) in [6.45, 7) is 0. The topological polar surface area (TPSA) is 75.6 Å². The molecule has 0 spiro atoms. The summed E-state index contributed by atoms with van der Waals surface area (Å²) in [6.07, 6.45) is 6.47. The van der Waals surface area contributed by atoms with Crippen LogP contribution in [0.15, 0.2) is 36.8 Å². The quantitative estimate of drug-likeness (QED) is 0.771.